The number of alkyl halides is 7. The first kappa shape index (κ1) is 29.9. The van der Waals surface area contributed by atoms with Crippen molar-refractivity contribution in [3.05, 3.63) is 81.5 Å². The van der Waals surface area contributed by atoms with Crippen molar-refractivity contribution in [2.75, 3.05) is 0 Å². The number of thiophene rings is 2. The first-order valence-electron chi connectivity index (χ1n) is 12.3. The molecule has 0 spiro atoms. The SMILES string of the molecule is Cc1sc(-c2nc3ccccc3s2)cc1C(F)=C(c1cc(-c2nc3ccccc3s2)sc1C)C(F)(F)C(F)(F)C(F)(F)F. The van der Waals surface area contributed by atoms with Gasteiger partial charge in [-0.15, -0.1) is 45.3 Å². The highest BCUT2D eigenvalue weighted by molar-refractivity contribution is 7.26. The number of benzene rings is 2. The van der Waals surface area contributed by atoms with E-state index in [-0.39, 0.29) is 14.6 Å². The number of nitrogens with zero attached hydrogens (tertiary/aromatic N) is 2. The smallest absolute Gasteiger partial charge is 0.235 e. The number of halogens is 8. The van der Waals surface area contributed by atoms with E-state index in [1.165, 1.54) is 36.5 Å². The van der Waals surface area contributed by atoms with Crippen LogP contribution in [0.2, 0.25) is 0 Å². The van der Waals surface area contributed by atoms with Crippen LogP contribution in [0.25, 0.3) is 51.6 Å². The van der Waals surface area contributed by atoms with Crippen LogP contribution >= 0.6 is 45.3 Å². The summed E-state index contributed by atoms with van der Waals surface area (Å²) in [4.78, 5) is 9.49. The molecular weight excluding hydrogens is 657 g/mol. The zero-order chi connectivity index (χ0) is 30.9. The van der Waals surface area contributed by atoms with Crippen LogP contribution in [0.3, 0.4) is 0 Å². The Morgan fingerprint density at radius 3 is 1.53 bits per heavy atom. The van der Waals surface area contributed by atoms with Gasteiger partial charge < -0.3 is 0 Å². The van der Waals surface area contributed by atoms with Gasteiger partial charge in [-0.1, -0.05) is 24.3 Å². The summed E-state index contributed by atoms with van der Waals surface area (Å²) in [6, 6.07) is 16.2. The normalized spacial score (nSPS) is 13.7. The zero-order valence-corrected chi connectivity index (χ0v) is 25.1. The van der Waals surface area contributed by atoms with Crippen molar-refractivity contribution in [3.8, 4) is 19.8 Å². The molecule has 0 bridgehead atoms. The second-order valence-electron chi connectivity index (χ2n) is 9.47. The quantitative estimate of drug-likeness (QED) is 0.165. The van der Waals surface area contributed by atoms with Crippen LogP contribution in [0.15, 0.2) is 60.7 Å². The van der Waals surface area contributed by atoms with E-state index >= 15 is 13.2 Å². The average molecular weight is 673 g/mol. The number of hydrogen-bond acceptors (Lipinski definition) is 6. The van der Waals surface area contributed by atoms with Crippen LogP contribution in [0.4, 0.5) is 35.1 Å². The molecule has 0 atom stereocenters. The molecule has 43 heavy (non-hydrogen) atoms. The van der Waals surface area contributed by atoms with E-state index in [4.69, 9.17) is 0 Å². The monoisotopic (exact) mass is 672 g/mol. The minimum absolute atomic E-state index is 0.0728. The molecule has 0 saturated carbocycles. The number of fused-ring (bicyclic) bond motifs is 2. The number of aromatic nitrogens is 2. The van der Waals surface area contributed by atoms with Gasteiger partial charge in [0.05, 0.1) is 35.8 Å². The minimum atomic E-state index is -6.66. The van der Waals surface area contributed by atoms with Crippen molar-refractivity contribution >= 4 is 77.2 Å². The minimum Gasteiger partial charge on any atom is -0.235 e. The van der Waals surface area contributed by atoms with Gasteiger partial charge in [0.25, 0.3) is 0 Å². The first-order chi connectivity index (χ1) is 20.2. The molecule has 6 rings (SSSR count). The lowest BCUT2D eigenvalue weighted by molar-refractivity contribution is -0.338. The molecule has 2 nitrogen and oxygen atoms in total. The molecular formula is C29H16F8N2S4. The van der Waals surface area contributed by atoms with Crippen molar-refractivity contribution in [1.82, 2.24) is 9.97 Å². The summed E-state index contributed by atoms with van der Waals surface area (Å²) in [6.45, 7) is 2.64. The van der Waals surface area contributed by atoms with Crippen LogP contribution in [-0.2, 0) is 0 Å². The highest BCUT2D eigenvalue weighted by atomic mass is 32.1. The molecule has 0 unspecified atom stereocenters. The Hall–Kier alpha value is -3.20. The van der Waals surface area contributed by atoms with Gasteiger partial charge in [-0.3, -0.25) is 0 Å². The van der Waals surface area contributed by atoms with Gasteiger partial charge in [0.2, 0.25) is 0 Å². The summed E-state index contributed by atoms with van der Waals surface area (Å²) >= 11 is 4.25. The van der Waals surface area contributed by atoms with Gasteiger partial charge in [-0.25, -0.2) is 14.4 Å². The Morgan fingerprint density at radius 2 is 1.07 bits per heavy atom. The first-order valence-corrected chi connectivity index (χ1v) is 15.6. The van der Waals surface area contributed by atoms with E-state index in [9.17, 15) is 22.0 Å². The van der Waals surface area contributed by atoms with Gasteiger partial charge >= 0.3 is 18.0 Å². The summed E-state index contributed by atoms with van der Waals surface area (Å²) in [5, 5.41) is 0.753. The van der Waals surface area contributed by atoms with Crippen LogP contribution in [-0.4, -0.2) is 28.0 Å². The molecule has 0 amide bonds. The molecule has 222 valence electrons. The third-order valence-electron chi connectivity index (χ3n) is 6.63. The van der Waals surface area contributed by atoms with E-state index in [2.05, 4.69) is 9.97 Å². The summed E-state index contributed by atoms with van der Waals surface area (Å²) in [7, 11) is 0. The number of rotatable bonds is 6. The average Bonchev–Trinajstić information content (AvgIpc) is 3.72. The zero-order valence-electron chi connectivity index (χ0n) is 21.8. The maximum atomic E-state index is 16.3. The van der Waals surface area contributed by atoms with Crippen molar-refractivity contribution in [2.45, 2.75) is 31.9 Å². The van der Waals surface area contributed by atoms with Crippen molar-refractivity contribution in [2.24, 2.45) is 0 Å². The molecule has 4 heterocycles. The Bertz CT molecular complexity index is 1960. The lowest BCUT2D eigenvalue weighted by Crippen LogP contribution is -2.52. The van der Waals surface area contributed by atoms with E-state index in [0.717, 1.165) is 44.2 Å². The predicted octanol–water partition coefficient (Wildman–Crippen LogP) is 11.7. The lowest BCUT2D eigenvalue weighted by atomic mass is 9.92. The van der Waals surface area contributed by atoms with Gasteiger partial charge in [-0.05, 0) is 50.2 Å². The van der Waals surface area contributed by atoms with Crippen LogP contribution < -0.4 is 0 Å². The standard InChI is InChI=1S/C29H16F8N2S4/c1-13-15(11-21(40-13)25-38-17-7-3-5-9-19(17)42-25)23(27(31,32)28(33,34)29(35,36)37)24(30)16-12-22(41-14(16)2)26-39-18-8-4-6-10-20(18)43-26/h3-12H,1-2H3. The highest BCUT2D eigenvalue weighted by Crippen LogP contribution is 2.56. The lowest BCUT2D eigenvalue weighted by Gasteiger charge is -2.30. The predicted molar refractivity (Wildman–Crippen MR) is 159 cm³/mol. The summed E-state index contributed by atoms with van der Waals surface area (Å²) in [6.07, 6.45) is -6.66. The number of aryl methyl sites for hydroxylation is 2. The molecule has 6 aromatic rings. The van der Waals surface area contributed by atoms with E-state index in [1.54, 1.807) is 48.5 Å². The Balaban J connectivity index is 1.55. The summed E-state index contributed by atoms with van der Waals surface area (Å²) in [5.41, 5.74) is -2.08. The second kappa shape index (κ2) is 10.5. The third kappa shape index (κ3) is 4.97. The van der Waals surface area contributed by atoms with E-state index in [0.29, 0.717) is 25.9 Å². The molecule has 0 radical (unpaired) electrons. The number of hydrogen-bond donors (Lipinski definition) is 0. The fourth-order valence-electron chi connectivity index (χ4n) is 4.49. The summed E-state index contributed by atoms with van der Waals surface area (Å²) < 4.78 is 118. The highest BCUT2D eigenvalue weighted by Gasteiger charge is 2.75. The van der Waals surface area contributed by atoms with Crippen molar-refractivity contribution in [3.63, 3.8) is 0 Å². The Morgan fingerprint density at radius 1 is 0.628 bits per heavy atom. The molecule has 0 fully saturated rings. The van der Waals surface area contributed by atoms with Gasteiger partial charge in [0.1, 0.15) is 15.8 Å². The topological polar surface area (TPSA) is 25.8 Å². The number of para-hydroxylation sites is 2. The van der Waals surface area contributed by atoms with Gasteiger partial charge in [0, 0.05) is 20.9 Å². The van der Waals surface area contributed by atoms with Crippen molar-refractivity contribution in [1.29, 1.82) is 0 Å². The van der Waals surface area contributed by atoms with Crippen LogP contribution in [0.5, 0.6) is 0 Å². The second-order valence-corrected chi connectivity index (χ2v) is 14.0. The van der Waals surface area contributed by atoms with Crippen molar-refractivity contribution < 1.29 is 35.1 Å². The molecule has 4 aromatic heterocycles. The Labute approximate surface area is 254 Å². The maximum Gasteiger partial charge on any atom is 0.460 e. The fraction of sp³-hybridized carbons (Fsp3) is 0.172. The Kier molecular flexibility index (Phi) is 7.26. The molecule has 0 aliphatic heterocycles. The van der Waals surface area contributed by atoms with Crippen LogP contribution in [0, 0.1) is 13.8 Å². The van der Waals surface area contributed by atoms with E-state index < -0.39 is 40.5 Å². The van der Waals surface area contributed by atoms with Crippen LogP contribution in [0.1, 0.15) is 20.9 Å². The molecule has 0 aliphatic rings. The molecule has 0 saturated heterocycles. The van der Waals surface area contributed by atoms with Gasteiger partial charge in [-0.2, -0.15) is 30.7 Å². The van der Waals surface area contributed by atoms with Gasteiger partial charge in [0.15, 0.2) is 0 Å². The fourth-order valence-corrected chi connectivity index (χ4v) is 8.55. The molecule has 14 heteroatoms. The third-order valence-corrected chi connectivity index (χ3v) is 11.1. The number of allylic oxidation sites excluding steroid dienone is 1. The van der Waals surface area contributed by atoms with E-state index in [1.807, 2.05) is 0 Å². The summed E-state index contributed by atoms with van der Waals surface area (Å²) in [5.74, 6) is -14.4. The molecule has 0 aliphatic carbocycles. The molecule has 0 N–H and O–H groups in total. The maximum absolute atomic E-state index is 16.3. The molecule has 2 aromatic carbocycles. The largest absolute Gasteiger partial charge is 0.460 e. The number of thiazole rings is 2.